The number of hydrogen-bond acceptors (Lipinski definition) is 4. The van der Waals surface area contributed by atoms with E-state index in [0.717, 1.165) is 0 Å². The zero-order chi connectivity index (χ0) is 15.6. The van der Waals surface area contributed by atoms with Crippen molar-refractivity contribution in [1.82, 2.24) is 9.62 Å². The molecule has 0 spiro atoms. The molecule has 0 radical (unpaired) electrons. The number of hydrogen-bond donors (Lipinski definition) is 2. The Morgan fingerprint density at radius 3 is 2.45 bits per heavy atom. The first-order valence-electron chi connectivity index (χ1n) is 6.26. The van der Waals surface area contributed by atoms with Crippen molar-refractivity contribution < 1.29 is 12.8 Å². The molecule has 0 atom stereocenters. The molecule has 0 saturated heterocycles. The van der Waals surface area contributed by atoms with Gasteiger partial charge in [-0.1, -0.05) is 6.07 Å². The highest BCUT2D eigenvalue weighted by molar-refractivity contribution is 7.89. The number of likely N-dealkylation sites (N-methyl/N-ethyl adjacent to an activating group) is 1. The molecule has 0 bridgehead atoms. The number of nitrogens with one attached hydrogen (secondary N) is 1. The van der Waals surface area contributed by atoms with Gasteiger partial charge in [0.05, 0.1) is 4.90 Å². The summed E-state index contributed by atoms with van der Waals surface area (Å²) in [6.07, 6.45) is 0. The Labute approximate surface area is 120 Å². The zero-order valence-electron chi connectivity index (χ0n) is 12.3. The van der Waals surface area contributed by atoms with Gasteiger partial charge in [0.2, 0.25) is 10.0 Å². The van der Waals surface area contributed by atoms with Crippen LogP contribution in [0.5, 0.6) is 0 Å². The maximum Gasteiger partial charge on any atom is 0.241 e. The van der Waals surface area contributed by atoms with Gasteiger partial charge in [-0.3, -0.25) is 0 Å². The molecular weight excluding hydrogens is 281 g/mol. The normalized spacial score (nSPS) is 12.9. The van der Waals surface area contributed by atoms with E-state index in [9.17, 15) is 12.8 Å². The molecule has 0 saturated carbocycles. The summed E-state index contributed by atoms with van der Waals surface area (Å²) >= 11 is 0. The van der Waals surface area contributed by atoms with Crippen LogP contribution in [0.15, 0.2) is 23.1 Å². The summed E-state index contributed by atoms with van der Waals surface area (Å²) in [5, 5.41) is 0. The lowest BCUT2D eigenvalue weighted by molar-refractivity contribution is 0.199. The quantitative estimate of drug-likeness (QED) is 0.819. The van der Waals surface area contributed by atoms with Crippen molar-refractivity contribution in [3.05, 3.63) is 29.6 Å². The van der Waals surface area contributed by atoms with Gasteiger partial charge < -0.3 is 10.6 Å². The van der Waals surface area contributed by atoms with E-state index >= 15 is 0 Å². The van der Waals surface area contributed by atoms with E-state index < -0.39 is 15.8 Å². The minimum atomic E-state index is -3.79. The zero-order valence-corrected chi connectivity index (χ0v) is 13.1. The monoisotopic (exact) mass is 303 g/mol. The molecule has 0 fully saturated rings. The van der Waals surface area contributed by atoms with Crippen molar-refractivity contribution in [2.75, 3.05) is 20.6 Å². The molecular formula is C13H22FN3O2S. The second-order valence-corrected chi connectivity index (χ2v) is 7.19. The Bertz CT molecular complexity index is 571. The van der Waals surface area contributed by atoms with Gasteiger partial charge in [-0.2, -0.15) is 0 Å². The third-order valence-corrected chi connectivity index (χ3v) is 4.96. The molecule has 0 unspecified atom stereocenters. The molecule has 0 aliphatic heterocycles. The molecule has 1 aromatic carbocycles. The third kappa shape index (κ3) is 3.76. The van der Waals surface area contributed by atoms with Crippen molar-refractivity contribution in [1.29, 1.82) is 0 Å². The first-order chi connectivity index (χ1) is 9.12. The van der Waals surface area contributed by atoms with Crippen molar-refractivity contribution in [2.24, 2.45) is 5.73 Å². The van der Waals surface area contributed by atoms with Gasteiger partial charge in [-0.15, -0.1) is 0 Å². The highest BCUT2D eigenvalue weighted by Crippen LogP contribution is 2.19. The van der Waals surface area contributed by atoms with Crippen LogP contribution in [0, 0.1) is 5.82 Å². The number of benzene rings is 1. The molecule has 3 N–H and O–H groups in total. The summed E-state index contributed by atoms with van der Waals surface area (Å²) in [4.78, 5) is 1.81. The number of nitrogens with two attached hydrogens (primary N) is 1. The topological polar surface area (TPSA) is 75.4 Å². The van der Waals surface area contributed by atoms with Crippen LogP contribution >= 0.6 is 0 Å². The van der Waals surface area contributed by atoms with E-state index in [2.05, 4.69) is 4.72 Å². The molecule has 114 valence electrons. The van der Waals surface area contributed by atoms with Crippen LogP contribution in [0.25, 0.3) is 0 Å². The SMILES string of the molecule is CN(C)C(C)(C)CNS(=O)(=O)c1cccc(F)c1CN. The Balaban J connectivity index is 3.04. The Morgan fingerprint density at radius 1 is 1.35 bits per heavy atom. The highest BCUT2D eigenvalue weighted by atomic mass is 32.2. The van der Waals surface area contributed by atoms with Crippen molar-refractivity contribution >= 4 is 10.0 Å². The van der Waals surface area contributed by atoms with Crippen LogP contribution in [0.2, 0.25) is 0 Å². The van der Waals surface area contributed by atoms with Gasteiger partial charge in [0.15, 0.2) is 0 Å². The second kappa shape index (κ2) is 6.17. The fourth-order valence-electron chi connectivity index (χ4n) is 1.50. The number of rotatable bonds is 6. The summed E-state index contributed by atoms with van der Waals surface area (Å²) in [5.74, 6) is -0.609. The first-order valence-corrected chi connectivity index (χ1v) is 7.74. The molecule has 0 aromatic heterocycles. The maximum atomic E-state index is 13.6. The summed E-state index contributed by atoms with van der Waals surface area (Å²) in [7, 11) is -0.0631. The molecule has 1 rings (SSSR count). The molecule has 0 aliphatic rings. The van der Waals surface area contributed by atoms with E-state index in [4.69, 9.17) is 5.73 Å². The average molecular weight is 303 g/mol. The van der Waals surface area contributed by atoms with E-state index in [1.54, 1.807) is 0 Å². The van der Waals surface area contributed by atoms with E-state index in [0.29, 0.717) is 0 Å². The molecule has 0 heterocycles. The van der Waals surface area contributed by atoms with Crippen molar-refractivity contribution in [3.8, 4) is 0 Å². The standard InChI is InChI=1S/C13H22FN3O2S/c1-13(2,17(3)4)9-16-20(18,19)12-7-5-6-11(14)10(12)8-15/h5-7,16H,8-9,15H2,1-4H3. The van der Waals surface area contributed by atoms with Crippen molar-refractivity contribution in [2.45, 2.75) is 30.8 Å². The van der Waals surface area contributed by atoms with Crippen molar-refractivity contribution in [3.63, 3.8) is 0 Å². The second-order valence-electron chi connectivity index (χ2n) is 5.45. The summed E-state index contributed by atoms with van der Waals surface area (Å²) in [6.45, 7) is 3.86. The minimum Gasteiger partial charge on any atom is -0.326 e. The number of sulfonamides is 1. The van der Waals surface area contributed by atoms with Gasteiger partial charge in [0.25, 0.3) is 0 Å². The van der Waals surface area contributed by atoms with Gasteiger partial charge in [-0.05, 0) is 40.1 Å². The average Bonchev–Trinajstić information content (AvgIpc) is 2.36. The molecule has 1 aromatic rings. The highest BCUT2D eigenvalue weighted by Gasteiger charge is 2.26. The van der Waals surface area contributed by atoms with Gasteiger partial charge in [-0.25, -0.2) is 17.5 Å². The van der Waals surface area contributed by atoms with Crippen LogP contribution in [0.3, 0.4) is 0 Å². The maximum absolute atomic E-state index is 13.6. The smallest absolute Gasteiger partial charge is 0.241 e. The van der Waals surface area contributed by atoms with Crippen LogP contribution in [-0.2, 0) is 16.6 Å². The van der Waals surface area contributed by atoms with E-state index in [1.165, 1.54) is 18.2 Å². The van der Waals surface area contributed by atoms with Gasteiger partial charge >= 0.3 is 0 Å². The van der Waals surface area contributed by atoms with Gasteiger partial charge in [0, 0.05) is 24.2 Å². The lowest BCUT2D eigenvalue weighted by atomic mass is 10.1. The lowest BCUT2D eigenvalue weighted by Gasteiger charge is -2.32. The van der Waals surface area contributed by atoms with Crippen LogP contribution in [0.1, 0.15) is 19.4 Å². The Hall–Kier alpha value is -1.02. The fourth-order valence-corrected chi connectivity index (χ4v) is 2.96. The Morgan fingerprint density at radius 2 is 1.95 bits per heavy atom. The fraction of sp³-hybridized carbons (Fsp3) is 0.538. The molecule has 20 heavy (non-hydrogen) atoms. The van der Waals surface area contributed by atoms with Crippen LogP contribution in [-0.4, -0.2) is 39.5 Å². The summed E-state index contributed by atoms with van der Waals surface area (Å²) in [5.41, 5.74) is 5.08. The molecule has 0 amide bonds. The van der Waals surface area contributed by atoms with Gasteiger partial charge in [0.1, 0.15) is 5.82 Å². The molecule has 7 heteroatoms. The lowest BCUT2D eigenvalue weighted by Crippen LogP contribution is -2.48. The van der Waals surface area contributed by atoms with E-state index in [-0.39, 0.29) is 29.1 Å². The Kier molecular flexibility index (Phi) is 5.26. The largest absolute Gasteiger partial charge is 0.326 e. The number of halogens is 1. The summed E-state index contributed by atoms with van der Waals surface area (Å²) in [6, 6.07) is 3.92. The minimum absolute atomic E-state index is 0.00246. The van der Waals surface area contributed by atoms with E-state index in [1.807, 2.05) is 32.8 Å². The molecule has 5 nitrogen and oxygen atoms in total. The predicted octanol–water partition coefficient (Wildman–Crippen LogP) is 0.903. The summed E-state index contributed by atoms with van der Waals surface area (Å²) < 4.78 is 40.7. The van der Waals surface area contributed by atoms with Crippen LogP contribution in [0.4, 0.5) is 4.39 Å². The number of nitrogens with zero attached hydrogens (tertiary/aromatic N) is 1. The first kappa shape index (κ1) is 17.0. The third-order valence-electron chi connectivity index (χ3n) is 3.47. The predicted molar refractivity (Wildman–Crippen MR) is 77.2 cm³/mol. The molecule has 0 aliphatic carbocycles. The van der Waals surface area contributed by atoms with Crippen LogP contribution < -0.4 is 10.5 Å².